The van der Waals surface area contributed by atoms with Gasteiger partial charge in [-0.05, 0) is 25.0 Å². The van der Waals surface area contributed by atoms with Crippen LogP contribution in [0.2, 0.25) is 0 Å². The Balaban J connectivity index is 2.06. The lowest BCUT2D eigenvalue weighted by Gasteiger charge is -2.29. The highest BCUT2D eigenvalue weighted by Crippen LogP contribution is 2.45. The number of esters is 1. The number of rotatable bonds is 1. The Hall–Kier alpha value is -2.24. The number of nitrogens with zero attached hydrogens (tertiary/aromatic N) is 1. The molecule has 0 unspecified atom stereocenters. The molecule has 0 atom stereocenters. The van der Waals surface area contributed by atoms with E-state index in [0.717, 1.165) is 0 Å². The Kier molecular flexibility index (Phi) is 2.81. The van der Waals surface area contributed by atoms with Crippen molar-refractivity contribution >= 4 is 23.3 Å². The zero-order chi connectivity index (χ0) is 14.3. The Labute approximate surface area is 115 Å². The Morgan fingerprint density at radius 1 is 1.30 bits per heavy atom. The molecule has 6 heteroatoms. The first-order chi connectivity index (χ1) is 9.56. The van der Waals surface area contributed by atoms with Gasteiger partial charge in [0.25, 0.3) is 0 Å². The number of nitrogens with one attached hydrogen (secondary N) is 1. The fourth-order valence-corrected chi connectivity index (χ4v) is 2.91. The number of Topliss-reactive ketones (excluding diaryl/α,β-unsaturated/α-hetero) is 1. The minimum atomic E-state index is -0.771. The molecule has 0 radical (unpaired) electrons. The molecule has 104 valence electrons. The molecule has 2 heterocycles. The van der Waals surface area contributed by atoms with Crippen molar-refractivity contribution in [3.63, 3.8) is 0 Å². The summed E-state index contributed by atoms with van der Waals surface area (Å²) in [5, 5.41) is 2.79. The van der Waals surface area contributed by atoms with Gasteiger partial charge in [-0.15, -0.1) is 0 Å². The number of carbonyl (C=O) groups excluding carboxylic acids is 3. The molecule has 2 aliphatic rings. The number of carbonyl (C=O) groups is 3. The minimum Gasteiger partial charge on any atom is -0.464 e. The van der Waals surface area contributed by atoms with Crippen molar-refractivity contribution < 1.29 is 19.1 Å². The molecule has 0 saturated heterocycles. The van der Waals surface area contributed by atoms with Crippen molar-refractivity contribution in [2.24, 2.45) is 0 Å². The lowest BCUT2D eigenvalue weighted by Crippen LogP contribution is -2.39. The maximum absolute atomic E-state index is 12.3. The standard InChI is InChI=1S/C14H14N2O4/c1-20-12(18)10-3-2-9-11(15-10)14(13(19)16-9)6-4-8(17)5-7-14/h2-3H,4-7H2,1H3,(H,16,19). The van der Waals surface area contributed by atoms with Crippen LogP contribution in [0.3, 0.4) is 0 Å². The van der Waals surface area contributed by atoms with E-state index in [9.17, 15) is 14.4 Å². The first kappa shape index (κ1) is 12.8. The van der Waals surface area contributed by atoms with Crippen LogP contribution in [0.15, 0.2) is 12.1 Å². The van der Waals surface area contributed by atoms with Crippen LogP contribution < -0.4 is 5.32 Å². The van der Waals surface area contributed by atoms with Gasteiger partial charge in [0.05, 0.1) is 23.9 Å². The van der Waals surface area contributed by atoms with Crippen LogP contribution >= 0.6 is 0 Å². The molecule has 1 saturated carbocycles. The molecule has 1 aromatic rings. The number of amides is 1. The number of pyridine rings is 1. The number of ketones is 1. The monoisotopic (exact) mass is 274 g/mol. The lowest BCUT2D eigenvalue weighted by atomic mass is 9.72. The van der Waals surface area contributed by atoms with E-state index >= 15 is 0 Å². The van der Waals surface area contributed by atoms with Gasteiger partial charge in [-0.25, -0.2) is 9.78 Å². The van der Waals surface area contributed by atoms with Gasteiger partial charge < -0.3 is 10.1 Å². The summed E-state index contributed by atoms with van der Waals surface area (Å²) in [5.74, 6) is -0.496. The largest absolute Gasteiger partial charge is 0.464 e. The average molecular weight is 274 g/mol. The zero-order valence-corrected chi connectivity index (χ0v) is 11.1. The van der Waals surface area contributed by atoms with Gasteiger partial charge in [-0.3, -0.25) is 9.59 Å². The van der Waals surface area contributed by atoms with Crippen molar-refractivity contribution in [1.82, 2.24) is 4.98 Å². The third-order valence-electron chi connectivity index (χ3n) is 4.09. The van der Waals surface area contributed by atoms with Crippen molar-refractivity contribution in [2.75, 3.05) is 12.4 Å². The molecule has 6 nitrogen and oxygen atoms in total. The zero-order valence-electron chi connectivity index (χ0n) is 11.1. The molecule has 1 aromatic heterocycles. The Bertz CT molecular complexity index is 614. The second kappa shape index (κ2) is 4.40. The summed E-state index contributed by atoms with van der Waals surface area (Å²) in [6.07, 6.45) is 1.64. The highest BCUT2D eigenvalue weighted by atomic mass is 16.5. The van der Waals surface area contributed by atoms with Crippen LogP contribution in [0.25, 0.3) is 0 Å². The van der Waals surface area contributed by atoms with Gasteiger partial charge in [0.15, 0.2) is 0 Å². The molecule has 1 spiro atoms. The summed E-state index contributed by atoms with van der Waals surface area (Å²) >= 11 is 0. The summed E-state index contributed by atoms with van der Waals surface area (Å²) in [5.41, 5.74) is 0.599. The second-order valence-electron chi connectivity index (χ2n) is 5.16. The fraction of sp³-hybridized carbons (Fsp3) is 0.429. The van der Waals surface area contributed by atoms with Crippen LogP contribution in [0.4, 0.5) is 5.69 Å². The molecule has 3 rings (SSSR count). The molecule has 1 amide bonds. The van der Waals surface area contributed by atoms with E-state index in [1.807, 2.05) is 0 Å². The first-order valence-corrected chi connectivity index (χ1v) is 6.50. The molecule has 1 aliphatic carbocycles. The molecular weight excluding hydrogens is 260 g/mol. The summed E-state index contributed by atoms with van der Waals surface area (Å²) in [4.78, 5) is 39.6. The van der Waals surface area contributed by atoms with Crippen molar-refractivity contribution in [3.05, 3.63) is 23.5 Å². The maximum Gasteiger partial charge on any atom is 0.356 e. The van der Waals surface area contributed by atoms with Crippen LogP contribution in [-0.4, -0.2) is 29.8 Å². The smallest absolute Gasteiger partial charge is 0.356 e. The predicted octanol–water partition coefficient (Wildman–Crippen LogP) is 1.20. The van der Waals surface area contributed by atoms with Crippen LogP contribution in [-0.2, 0) is 19.7 Å². The van der Waals surface area contributed by atoms with E-state index in [-0.39, 0.29) is 17.4 Å². The van der Waals surface area contributed by atoms with Gasteiger partial charge >= 0.3 is 5.97 Å². The lowest BCUT2D eigenvalue weighted by molar-refractivity contribution is -0.126. The van der Waals surface area contributed by atoms with E-state index in [0.29, 0.717) is 37.1 Å². The summed E-state index contributed by atoms with van der Waals surface area (Å²) in [7, 11) is 1.29. The van der Waals surface area contributed by atoms with Crippen LogP contribution in [0.1, 0.15) is 41.9 Å². The van der Waals surface area contributed by atoms with E-state index in [2.05, 4.69) is 15.0 Å². The Morgan fingerprint density at radius 2 is 2.00 bits per heavy atom. The summed E-state index contributed by atoms with van der Waals surface area (Å²) < 4.78 is 4.65. The Morgan fingerprint density at radius 3 is 2.65 bits per heavy atom. The second-order valence-corrected chi connectivity index (χ2v) is 5.16. The predicted molar refractivity (Wildman–Crippen MR) is 69.4 cm³/mol. The van der Waals surface area contributed by atoms with E-state index in [4.69, 9.17) is 0 Å². The van der Waals surface area contributed by atoms with Gasteiger partial charge in [0, 0.05) is 12.8 Å². The van der Waals surface area contributed by atoms with Crippen molar-refractivity contribution in [2.45, 2.75) is 31.1 Å². The number of fused-ring (bicyclic) bond motifs is 2. The number of anilines is 1. The van der Waals surface area contributed by atoms with Crippen molar-refractivity contribution in [1.29, 1.82) is 0 Å². The van der Waals surface area contributed by atoms with E-state index in [1.165, 1.54) is 13.2 Å². The van der Waals surface area contributed by atoms with E-state index < -0.39 is 11.4 Å². The minimum absolute atomic E-state index is 0.130. The van der Waals surface area contributed by atoms with Crippen LogP contribution in [0, 0.1) is 0 Å². The van der Waals surface area contributed by atoms with Crippen molar-refractivity contribution in [3.8, 4) is 0 Å². The highest BCUT2D eigenvalue weighted by Gasteiger charge is 2.50. The third kappa shape index (κ3) is 1.71. The summed E-state index contributed by atoms with van der Waals surface area (Å²) in [6.45, 7) is 0. The first-order valence-electron chi connectivity index (χ1n) is 6.50. The number of hydrogen-bond acceptors (Lipinski definition) is 5. The topological polar surface area (TPSA) is 85.4 Å². The molecule has 0 aromatic carbocycles. The number of hydrogen-bond donors (Lipinski definition) is 1. The van der Waals surface area contributed by atoms with Gasteiger partial charge in [-0.2, -0.15) is 0 Å². The molecule has 1 aliphatic heterocycles. The average Bonchev–Trinajstić information content (AvgIpc) is 2.73. The SMILES string of the molecule is COC(=O)c1ccc2c(n1)C1(CCC(=O)CC1)C(=O)N2. The third-order valence-corrected chi connectivity index (χ3v) is 4.09. The van der Waals surface area contributed by atoms with Gasteiger partial charge in [-0.1, -0.05) is 0 Å². The van der Waals surface area contributed by atoms with E-state index in [1.54, 1.807) is 6.07 Å². The quantitative estimate of drug-likeness (QED) is 0.778. The van der Waals surface area contributed by atoms with Gasteiger partial charge in [0.2, 0.25) is 5.91 Å². The highest BCUT2D eigenvalue weighted by molar-refractivity contribution is 6.07. The number of methoxy groups -OCH3 is 1. The number of ether oxygens (including phenoxy) is 1. The fourth-order valence-electron chi connectivity index (χ4n) is 2.91. The van der Waals surface area contributed by atoms with Crippen LogP contribution in [0.5, 0.6) is 0 Å². The maximum atomic E-state index is 12.3. The number of aromatic nitrogens is 1. The summed E-state index contributed by atoms with van der Waals surface area (Å²) in [6, 6.07) is 3.19. The molecule has 1 fully saturated rings. The molecule has 20 heavy (non-hydrogen) atoms. The van der Waals surface area contributed by atoms with Gasteiger partial charge in [0.1, 0.15) is 11.5 Å². The molecule has 1 N–H and O–H groups in total. The molecular formula is C14H14N2O4. The molecule has 0 bridgehead atoms. The normalized spacial score (nSPS) is 19.6.